The average Bonchev–Trinajstić information content (AvgIpc) is 2.87. The zero-order valence-electron chi connectivity index (χ0n) is 23.7. The van der Waals surface area contributed by atoms with Crippen molar-refractivity contribution >= 4 is 12.1 Å². The van der Waals surface area contributed by atoms with Crippen LogP contribution in [0.15, 0.2) is 48.5 Å². The lowest BCUT2D eigenvalue weighted by atomic mass is 9.78. The molecule has 3 atom stereocenters. The second-order valence-corrected chi connectivity index (χ2v) is 11.5. The van der Waals surface area contributed by atoms with E-state index in [1.54, 1.807) is 7.11 Å². The first-order valence-electron chi connectivity index (χ1n) is 13.0. The van der Waals surface area contributed by atoms with Gasteiger partial charge in [0.15, 0.2) is 0 Å². The number of methoxy groups -OCH3 is 2. The quantitative estimate of drug-likeness (QED) is 0.140. The molecule has 1 amide bonds. The van der Waals surface area contributed by atoms with Gasteiger partial charge in [-0.05, 0) is 71.1 Å². The van der Waals surface area contributed by atoms with Gasteiger partial charge in [0.05, 0.1) is 19.6 Å². The number of likely N-dealkylation sites (tertiary alicyclic amines) is 1. The van der Waals surface area contributed by atoms with Gasteiger partial charge in [0.1, 0.15) is 23.9 Å². The number of carbonyl (C=O) groups excluding carboxylic acids is 2. The van der Waals surface area contributed by atoms with Gasteiger partial charge in [-0.15, -0.1) is 4.59 Å². The van der Waals surface area contributed by atoms with E-state index in [1.165, 1.54) is 7.11 Å². The van der Waals surface area contributed by atoms with E-state index >= 15 is 0 Å². The molecule has 0 bridgehead atoms. The molecule has 3 rings (SSSR count). The molecule has 0 radical (unpaired) electrons. The number of hydrogen-bond acceptors (Lipinski definition) is 6. The van der Waals surface area contributed by atoms with Crippen molar-refractivity contribution in [1.29, 1.82) is 0 Å². The number of quaternary nitrogens is 1. The Labute approximate surface area is 226 Å². The topological polar surface area (TPSA) is 87.9 Å². The molecule has 0 aliphatic carbocycles. The van der Waals surface area contributed by atoms with Gasteiger partial charge in [0.2, 0.25) is 0 Å². The summed E-state index contributed by atoms with van der Waals surface area (Å²) in [4.78, 5) is 25.2. The van der Waals surface area contributed by atoms with Crippen LogP contribution in [0.4, 0.5) is 4.79 Å². The number of benzene rings is 2. The van der Waals surface area contributed by atoms with Crippen LogP contribution in [0.25, 0.3) is 0 Å². The number of hydrogen-bond donors (Lipinski definition) is 1. The highest BCUT2D eigenvalue weighted by Gasteiger charge is 2.52. The molecule has 38 heavy (non-hydrogen) atoms. The lowest BCUT2D eigenvalue weighted by molar-refractivity contribution is -0.911. The standard InChI is InChI=1S/C31H41N2O5/c1-30(2,3)38-29(35)33(32)19-11-14-23(28(33)22-12-9-8-10-13-22)20-24-21-25(15-16-26(24)36-6)31(4,5)18-17-27(34)37-7/h8-10,12-13,15-16,21,23,28H,11,14,19-20,32H2,1-7H3/q+1/t23-,28+,33?/m0/s1. The van der Waals surface area contributed by atoms with Gasteiger partial charge in [0, 0.05) is 17.4 Å². The molecule has 2 aromatic carbocycles. The third-order valence-electron chi connectivity index (χ3n) is 7.07. The normalized spacial score (nSPS) is 21.6. The Hall–Kier alpha value is -3.34. The van der Waals surface area contributed by atoms with Crippen LogP contribution in [0.1, 0.15) is 70.2 Å². The second-order valence-electron chi connectivity index (χ2n) is 11.5. The highest BCUT2D eigenvalue weighted by molar-refractivity contribution is 5.88. The highest BCUT2D eigenvalue weighted by atomic mass is 16.6. The Bertz CT molecular complexity index is 1210. The van der Waals surface area contributed by atoms with Crippen molar-refractivity contribution < 1.29 is 28.4 Å². The second kappa shape index (κ2) is 11.6. The van der Waals surface area contributed by atoms with Crippen molar-refractivity contribution in [2.75, 3.05) is 20.8 Å². The van der Waals surface area contributed by atoms with Gasteiger partial charge < -0.3 is 14.2 Å². The van der Waals surface area contributed by atoms with Gasteiger partial charge in [-0.25, -0.2) is 4.79 Å². The molecule has 1 aliphatic rings. The molecule has 1 fully saturated rings. The van der Waals surface area contributed by atoms with Crippen LogP contribution in [0.5, 0.6) is 5.75 Å². The molecule has 1 heterocycles. The van der Waals surface area contributed by atoms with Crippen LogP contribution < -0.4 is 10.6 Å². The van der Waals surface area contributed by atoms with E-state index < -0.39 is 23.1 Å². The van der Waals surface area contributed by atoms with Crippen LogP contribution in [0, 0.1) is 17.8 Å². The van der Waals surface area contributed by atoms with Gasteiger partial charge in [0.25, 0.3) is 0 Å². The number of ether oxygens (including phenoxy) is 3. The Morgan fingerprint density at radius 3 is 2.34 bits per heavy atom. The maximum absolute atomic E-state index is 13.5. The van der Waals surface area contributed by atoms with E-state index in [0.29, 0.717) is 13.0 Å². The fourth-order valence-corrected chi connectivity index (χ4v) is 5.18. The predicted molar refractivity (Wildman–Crippen MR) is 147 cm³/mol. The van der Waals surface area contributed by atoms with Crippen molar-refractivity contribution in [2.24, 2.45) is 11.8 Å². The third kappa shape index (κ3) is 6.75. The van der Waals surface area contributed by atoms with Crippen LogP contribution >= 0.6 is 0 Å². The molecule has 2 aromatic rings. The maximum Gasteiger partial charge on any atom is 0.536 e. The molecule has 1 unspecified atom stereocenters. The fourth-order valence-electron chi connectivity index (χ4n) is 5.18. The first-order chi connectivity index (χ1) is 17.8. The summed E-state index contributed by atoms with van der Waals surface area (Å²) in [7, 11) is 2.97. The summed E-state index contributed by atoms with van der Waals surface area (Å²) in [6.45, 7) is 10.0. The van der Waals surface area contributed by atoms with Crippen molar-refractivity contribution in [3.05, 3.63) is 65.2 Å². The number of piperidine rings is 1. The van der Waals surface area contributed by atoms with E-state index in [0.717, 1.165) is 35.3 Å². The van der Waals surface area contributed by atoms with E-state index in [-0.39, 0.29) is 16.6 Å². The van der Waals surface area contributed by atoms with Crippen molar-refractivity contribution in [3.8, 4) is 17.6 Å². The maximum atomic E-state index is 13.5. The lowest BCUT2D eigenvalue weighted by Crippen LogP contribution is -2.65. The van der Waals surface area contributed by atoms with Crippen LogP contribution in [0.2, 0.25) is 0 Å². The Balaban J connectivity index is 2.04. The molecule has 7 heteroatoms. The number of carbonyl (C=O) groups is 2. The van der Waals surface area contributed by atoms with Crippen LogP contribution in [-0.2, 0) is 26.1 Å². The minimum atomic E-state index is -0.649. The van der Waals surface area contributed by atoms with Crippen molar-refractivity contribution in [1.82, 2.24) is 0 Å². The number of esters is 1. The summed E-state index contributed by atoms with van der Waals surface area (Å²) in [5.41, 5.74) is 1.72. The van der Waals surface area contributed by atoms with E-state index in [1.807, 2.05) is 77.1 Å². The molecule has 1 saturated heterocycles. The number of rotatable bonds is 5. The highest BCUT2D eigenvalue weighted by Crippen LogP contribution is 2.43. The molecular weight excluding hydrogens is 480 g/mol. The fraction of sp³-hybridized carbons (Fsp3) is 0.484. The van der Waals surface area contributed by atoms with E-state index in [2.05, 4.69) is 22.6 Å². The smallest absolute Gasteiger partial charge is 0.496 e. The van der Waals surface area contributed by atoms with Gasteiger partial charge in [-0.2, -0.15) is 10.6 Å². The molecule has 2 N–H and O–H groups in total. The minimum absolute atomic E-state index is 0.0529. The van der Waals surface area contributed by atoms with Gasteiger partial charge in [-0.3, -0.25) is 0 Å². The van der Waals surface area contributed by atoms with Crippen LogP contribution in [0.3, 0.4) is 0 Å². The molecule has 0 saturated carbocycles. The first-order valence-corrected chi connectivity index (χ1v) is 13.0. The number of nitrogens with zero attached hydrogens (tertiary/aromatic N) is 1. The monoisotopic (exact) mass is 521 g/mol. The van der Waals surface area contributed by atoms with Crippen LogP contribution in [-0.4, -0.2) is 43.0 Å². The van der Waals surface area contributed by atoms with Gasteiger partial charge >= 0.3 is 12.1 Å². The number of nitrogens with two attached hydrogens (primary N) is 1. The Morgan fingerprint density at radius 1 is 1.05 bits per heavy atom. The van der Waals surface area contributed by atoms with E-state index in [4.69, 9.17) is 15.3 Å². The molecular formula is C31H41N2O5+. The predicted octanol–water partition coefficient (Wildman–Crippen LogP) is 5.47. The van der Waals surface area contributed by atoms with Gasteiger partial charge in [-0.1, -0.05) is 48.4 Å². The first kappa shape index (κ1) is 29.2. The number of amides is 1. The lowest BCUT2D eigenvalue weighted by Gasteiger charge is -2.44. The molecule has 0 spiro atoms. The Kier molecular flexibility index (Phi) is 8.91. The molecule has 0 aromatic heterocycles. The molecule has 1 aliphatic heterocycles. The van der Waals surface area contributed by atoms with Crippen molar-refractivity contribution in [2.45, 2.75) is 70.9 Å². The summed E-state index contributed by atoms with van der Waals surface area (Å²) in [6.07, 6.45) is 1.92. The van der Waals surface area contributed by atoms with Crippen molar-refractivity contribution in [3.63, 3.8) is 0 Å². The summed E-state index contributed by atoms with van der Waals surface area (Å²) in [5, 5.41) is 0. The van der Waals surface area contributed by atoms with E-state index in [9.17, 15) is 9.59 Å². The summed E-state index contributed by atoms with van der Waals surface area (Å²) in [5.74, 6) is 12.8. The summed E-state index contributed by atoms with van der Waals surface area (Å²) >= 11 is 0. The summed E-state index contributed by atoms with van der Waals surface area (Å²) < 4.78 is 15.9. The summed E-state index contributed by atoms with van der Waals surface area (Å²) in [6, 6.07) is 15.7. The zero-order valence-corrected chi connectivity index (χ0v) is 23.7. The zero-order chi connectivity index (χ0) is 28.1. The Morgan fingerprint density at radius 2 is 1.74 bits per heavy atom. The SMILES string of the molecule is COC(=O)C#CC(C)(C)c1ccc(OC)c(C[C@@H]2CCC[N+](N)(C(=O)OC(C)(C)C)[C@@H]2c2ccccc2)c1. The largest absolute Gasteiger partial charge is 0.536 e. The molecule has 7 nitrogen and oxygen atoms in total. The molecule has 204 valence electrons. The third-order valence-corrected chi connectivity index (χ3v) is 7.07. The minimum Gasteiger partial charge on any atom is -0.496 e. The average molecular weight is 522 g/mol.